The summed E-state index contributed by atoms with van der Waals surface area (Å²) in [6, 6.07) is 2.99. The second kappa shape index (κ2) is 6.47. The number of nitrogens with one attached hydrogen (secondary N) is 1. The van der Waals surface area contributed by atoms with Gasteiger partial charge in [0.15, 0.2) is 0 Å². The van der Waals surface area contributed by atoms with Gasteiger partial charge < -0.3 is 9.84 Å². The Bertz CT molecular complexity index is 582. The summed E-state index contributed by atoms with van der Waals surface area (Å²) in [4.78, 5) is 22.4. The highest BCUT2D eigenvalue weighted by Gasteiger charge is 2.30. The minimum absolute atomic E-state index is 0.145. The lowest BCUT2D eigenvalue weighted by atomic mass is 10.2. The van der Waals surface area contributed by atoms with Crippen LogP contribution in [0.2, 0.25) is 0 Å². The Morgan fingerprint density at radius 3 is 2.27 bits per heavy atom. The average Bonchev–Trinajstić information content (AvgIpc) is 2.26. The van der Waals surface area contributed by atoms with Gasteiger partial charge in [-0.25, -0.2) is 9.59 Å². The molecule has 0 aliphatic heterocycles. The Hall–Kier alpha value is -1.90. The SMILES string of the molecule is CC(C)(C)OC(=O)Nc1ccc(SC(F)(F)F)cc1C(=O)O. The van der Waals surface area contributed by atoms with Crippen LogP contribution in [0.25, 0.3) is 0 Å². The van der Waals surface area contributed by atoms with Crippen LogP contribution in [-0.4, -0.2) is 28.3 Å². The Morgan fingerprint density at radius 2 is 1.82 bits per heavy atom. The van der Waals surface area contributed by atoms with Crippen molar-refractivity contribution in [2.45, 2.75) is 36.8 Å². The first-order valence-corrected chi connectivity index (χ1v) is 6.82. The van der Waals surface area contributed by atoms with Crippen LogP contribution in [0.4, 0.5) is 23.7 Å². The second-order valence-corrected chi connectivity index (χ2v) is 6.33. The van der Waals surface area contributed by atoms with E-state index in [2.05, 4.69) is 5.32 Å². The maximum absolute atomic E-state index is 12.3. The molecule has 0 saturated carbocycles. The van der Waals surface area contributed by atoms with Crippen LogP contribution >= 0.6 is 11.8 Å². The van der Waals surface area contributed by atoms with Crippen molar-refractivity contribution < 1.29 is 32.6 Å². The first kappa shape index (κ1) is 18.1. The topological polar surface area (TPSA) is 75.6 Å². The molecule has 9 heteroatoms. The molecule has 1 amide bonds. The van der Waals surface area contributed by atoms with E-state index >= 15 is 0 Å². The fraction of sp³-hybridized carbons (Fsp3) is 0.385. The molecule has 1 rings (SSSR count). The third-order valence-corrected chi connectivity index (χ3v) is 2.81. The molecule has 0 heterocycles. The largest absolute Gasteiger partial charge is 0.478 e. The highest BCUT2D eigenvalue weighted by molar-refractivity contribution is 8.00. The van der Waals surface area contributed by atoms with Crippen LogP contribution in [-0.2, 0) is 4.74 Å². The van der Waals surface area contributed by atoms with E-state index in [0.29, 0.717) is 0 Å². The van der Waals surface area contributed by atoms with E-state index in [1.54, 1.807) is 20.8 Å². The first-order valence-electron chi connectivity index (χ1n) is 6.00. The molecular formula is C13H14F3NO4S. The van der Waals surface area contributed by atoms with Gasteiger partial charge in [-0.05, 0) is 50.7 Å². The summed E-state index contributed by atoms with van der Waals surface area (Å²) in [7, 11) is 0. The van der Waals surface area contributed by atoms with Gasteiger partial charge in [0.05, 0.1) is 11.3 Å². The summed E-state index contributed by atoms with van der Waals surface area (Å²) in [5.41, 5.74) is -5.93. The summed E-state index contributed by atoms with van der Waals surface area (Å²) in [5, 5.41) is 11.3. The molecule has 122 valence electrons. The number of benzene rings is 1. The normalized spacial score (nSPS) is 11.9. The number of carboxylic acids is 1. The number of aromatic carboxylic acids is 1. The number of carbonyl (C=O) groups excluding carboxylic acids is 1. The van der Waals surface area contributed by atoms with Crippen LogP contribution in [0.1, 0.15) is 31.1 Å². The summed E-state index contributed by atoms with van der Waals surface area (Å²) in [6.07, 6.45) is -0.897. The molecule has 0 atom stereocenters. The molecule has 0 bridgehead atoms. The minimum atomic E-state index is -4.53. The molecule has 0 aliphatic carbocycles. The lowest BCUT2D eigenvalue weighted by molar-refractivity contribution is -0.0328. The molecule has 22 heavy (non-hydrogen) atoms. The van der Waals surface area contributed by atoms with Gasteiger partial charge in [-0.15, -0.1) is 0 Å². The van der Waals surface area contributed by atoms with Crippen LogP contribution in [0, 0.1) is 0 Å². The molecule has 5 nitrogen and oxygen atoms in total. The highest BCUT2D eigenvalue weighted by Crippen LogP contribution is 2.38. The van der Waals surface area contributed by atoms with Crippen LogP contribution < -0.4 is 5.32 Å². The van der Waals surface area contributed by atoms with E-state index in [9.17, 15) is 22.8 Å². The van der Waals surface area contributed by atoms with Gasteiger partial charge >= 0.3 is 17.6 Å². The van der Waals surface area contributed by atoms with E-state index in [0.717, 1.165) is 18.2 Å². The molecule has 0 fully saturated rings. The monoisotopic (exact) mass is 337 g/mol. The van der Waals surface area contributed by atoms with Gasteiger partial charge in [-0.3, -0.25) is 5.32 Å². The summed E-state index contributed by atoms with van der Waals surface area (Å²) in [5.74, 6) is -1.46. The number of carboxylic acid groups (broad SMARTS) is 1. The van der Waals surface area contributed by atoms with E-state index in [4.69, 9.17) is 9.84 Å². The quantitative estimate of drug-likeness (QED) is 0.802. The van der Waals surface area contributed by atoms with Crippen LogP contribution in [0.5, 0.6) is 0 Å². The zero-order valence-electron chi connectivity index (χ0n) is 11.9. The Morgan fingerprint density at radius 1 is 1.23 bits per heavy atom. The Labute approximate surface area is 128 Å². The number of thioether (sulfide) groups is 1. The Balaban J connectivity index is 3.01. The third kappa shape index (κ3) is 6.25. The van der Waals surface area contributed by atoms with Crippen LogP contribution in [0.15, 0.2) is 23.1 Å². The second-order valence-electron chi connectivity index (χ2n) is 5.19. The van der Waals surface area contributed by atoms with Gasteiger partial charge in [0, 0.05) is 4.90 Å². The van der Waals surface area contributed by atoms with Crippen molar-refractivity contribution >= 4 is 29.5 Å². The molecule has 0 unspecified atom stereocenters. The lowest BCUT2D eigenvalue weighted by Crippen LogP contribution is -2.27. The number of anilines is 1. The van der Waals surface area contributed by atoms with Gasteiger partial charge in [-0.2, -0.15) is 13.2 Å². The Kier molecular flexibility index (Phi) is 5.34. The maximum Gasteiger partial charge on any atom is 0.446 e. The highest BCUT2D eigenvalue weighted by atomic mass is 32.2. The first-order chi connectivity index (χ1) is 9.87. The zero-order chi connectivity index (χ0) is 17.1. The molecule has 1 aromatic rings. The third-order valence-electron chi connectivity index (χ3n) is 2.09. The number of alkyl halides is 3. The number of ether oxygens (including phenoxy) is 1. The molecule has 0 aromatic heterocycles. The molecule has 2 N–H and O–H groups in total. The number of amides is 1. The van der Waals surface area contributed by atoms with E-state index < -0.39 is 40.5 Å². The number of halogens is 3. The standard InChI is InChI=1S/C13H14F3NO4S/c1-12(2,3)21-11(20)17-9-5-4-7(22-13(14,15)16)6-8(9)10(18)19/h4-6H,1-3H3,(H,17,20)(H,18,19). The summed E-state index contributed by atoms with van der Waals surface area (Å²) in [6.45, 7) is 4.86. The van der Waals surface area contributed by atoms with Crippen molar-refractivity contribution in [3.8, 4) is 0 Å². The van der Waals surface area contributed by atoms with Crippen molar-refractivity contribution in [3.63, 3.8) is 0 Å². The number of hydrogen-bond acceptors (Lipinski definition) is 4. The maximum atomic E-state index is 12.3. The smallest absolute Gasteiger partial charge is 0.446 e. The van der Waals surface area contributed by atoms with Crippen LogP contribution in [0.3, 0.4) is 0 Å². The molecule has 0 saturated heterocycles. The molecule has 1 aromatic carbocycles. The van der Waals surface area contributed by atoms with Crippen molar-refractivity contribution in [2.75, 3.05) is 5.32 Å². The predicted octanol–water partition coefficient (Wildman–Crippen LogP) is 4.34. The predicted molar refractivity (Wildman–Crippen MR) is 75.2 cm³/mol. The van der Waals surface area contributed by atoms with Gasteiger partial charge in [-0.1, -0.05) is 0 Å². The van der Waals surface area contributed by atoms with Gasteiger partial charge in [0.2, 0.25) is 0 Å². The van der Waals surface area contributed by atoms with E-state index in [1.807, 2.05) is 0 Å². The molecular weight excluding hydrogens is 323 g/mol. The fourth-order valence-electron chi connectivity index (χ4n) is 1.42. The fourth-order valence-corrected chi connectivity index (χ4v) is 2.00. The zero-order valence-corrected chi connectivity index (χ0v) is 12.8. The summed E-state index contributed by atoms with van der Waals surface area (Å²) >= 11 is -0.437. The van der Waals surface area contributed by atoms with Crippen molar-refractivity contribution in [3.05, 3.63) is 23.8 Å². The van der Waals surface area contributed by atoms with Crippen molar-refractivity contribution in [2.24, 2.45) is 0 Å². The van der Waals surface area contributed by atoms with Gasteiger partial charge in [0.1, 0.15) is 5.60 Å². The lowest BCUT2D eigenvalue weighted by Gasteiger charge is -2.20. The number of carbonyl (C=O) groups is 2. The van der Waals surface area contributed by atoms with Gasteiger partial charge in [0.25, 0.3) is 0 Å². The molecule has 0 aliphatic rings. The average molecular weight is 337 g/mol. The van der Waals surface area contributed by atoms with Crippen molar-refractivity contribution in [1.82, 2.24) is 0 Å². The molecule has 0 spiro atoms. The number of hydrogen-bond donors (Lipinski definition) is 2. The minimum Gasteiger partial charge on any atom is -0.478 e. The summed E-state index contributed by atoms with van der Waals surface area (Å²) < 4.78 is 41.8. The number of rotatable bonds is 3. The van der Waals surface area contributed by atoms with E-state index in [1.165, 1.54) is 0 Å². The molecule has 0 radical (unpaired) electrons. The van der Waals surface area contributed by atoms with Crippen molar-refractivity contribution in [1.29, 1.82) is 0 Å². The van der Waals surface area contributed by atoms with E-state index in [-0.39, 0.29) is 10.6 Å².